The molecule has 7 heteroatoms. The molecule has 0 fully saturated rings. The van der Waals surface area contributed by atoms with Gasteiger partial charge in [-0.1, -0.05) is 47.9 Å². The number of amides is 2. The molecule has 0 saturated carbocycles. The average molecular weight is 381 g/mol. The van der Waals surface area contributed by atoms with Crippen molar-refractivity contribution in [2.75, 3.05) is 0 Å². The van der Waals surface area contributed by atoms with E-state index in [4.69, 9.17) is 18.0 Å². The van der Waals surface area contributed by atoms with Crippen LogP contribution in [0.25, 0.3) is 10.8 Å². The van der Waals surface area contributed by atoms with Gasteiger partial charge in [-0.25, -0.2) is 9.48 Å². The Labute approximate surface area is 161 Å². The second kappa shape index (κ2) is 8.39. The molecular weight excluding hydrogens is 364 g/mol. The summed E-state index contributed by atoms with van der Waals surface area (Å²) in [7, 11) is 0. The average Bonchev–Trinajstić information content (AvgIpc) is 2.69. The SMILES string of the molecule is C#CCn1nc(CNC(=O)NCc2ccc(Cl)cc2)c2ccccc2c1=O. The topological polar surface area (TPSA) is 76.0 Å². The highest BCUT2D eigenvalue weighted by atomic mass is 35.5. The second-order valence-electron chi connectivity index (χ2n) is 5.82. The van der Waals surface area contributed by atoms with Crippen molar-refractivity contribution in [3.05, 3.63) is 75.2 Å². The Morgan fingerprint density at radius 3 is 2.44 bits per heavy atom. The van der Waals surface area contributed by atoms with Gasteiger partial charge in [0.25, 0.3) is 5.56 Å². The number of terminal acetylenes is 1. The van der Waals surface area contributed by atoms with Crippen LogP contribution in [-0.4, -0.2) is 15.8 Å². The van der Waals surface area contributed by atoms with Crippen LogP contribution < -0.4 is 16.2 Å². The van der Waals surface area contributed by atoms with E-state index in [0.29, 0.717) is 28.0 Å². The number of urea groups is 1. The number of aromatic nitrogens is 2. The van der Waals surface area contributed by atoms with Crippen molar-refractivity contribution in [3.63, 3.8) is 0 Å². The predicted molar refractivity (Wildman–Crippen MR) is 105 cm³/mol. The standard InChI is InChI=1S/C20H17ClN4O2/c1-2-11-25-19(26)17-6-4-3-5-16(17)18(24-25)13-23-20(27)22-12-14-7-9-15(21)10-8-14/h1,3-10H,11-13H2,(H2,22,23,27). The summed E-state index contributed by atoms with van der Waals surface area (Å²) in [5.41, 5.74) is 1.25. The highest BCUT2D eigenvalue weighted by molar-refractivity contribution is 6.30. The molecule has 1 aromatic heterocycles. The summed E-state index contributed by atoms with van der Waals surface area (Å²) in [6.07, 6.45) is 5.31. The molecule has 0 aliphatic rings. The summed E-state index contributed by atoms with van der Waals surface area (Å²) in [6.45, 7) is 0.602. The minimum atomic E-state index is -0.342. The van der Waals surface area contributed by atoms with E-state index < -0.39 is 0 Å². The van der Waals surface area contributed by atoms with Gasteiger partial charge >= 0.3 is 6.03 Å². The van der Waals surface area contributed by atoms with Crippen molar-refractivity contribution in [1.29, 1.82) is 0 Å². The van der Waals surface area contributed by atoms with Crippen LogP contribution in [0, 0.1) is 12.3 Å². The lowest BCUT2D eigenvalue weighted by atomic mass is 10.1. The third-order valence-corrected chi connectivity index (χ3v) is 4.22. The minimum absolute atomic E-state index is 0.0689. The molecule has 0 atom stereocenters. The van der Waals surface area contributed by atoms with Gasteiger partial charge in [-0.05, 0) is 23.8 Å². The second-order valence-corrected chi connectivity index (χ2v) is 6.26. The van der Waals surface area contributed by atoms with Gasteiger partial charge in [0.15, 0.2) is 0 Å². The van der Waals surface area contributed by atoms with Gasteiger partial charge < -0.3 is 10.6 Å². The molecule has 1 heterocycles. The third-order valence-electron chi connectivity index (χ3n) is 3.97. The number of nitrogens with one attached hydrogen (secondary N) is 2. The molecule has 2 N–H and O–H groups in total. The largest absolute Gasteiger partial charge is 0.334 e. The summed E-state index contributed by atoms with van der Waals surface area (Å²) in [5.74, 6) is 2.42. The van der Waals surface area contributed by atoms with Gasteiger partial charge in [0.2, 0.25) is 0 Å². The molecule has 27 heavy (non-hydrogen) atoms. The molecule has 2 aromatic carbocycles. The van der Waals surface area contributed by atoms with E-state index >= 15 is 0 Å². The molecule has 0 aliphatic carbocycles. The number of benzene rings is 2. The van der Waals surface area contributed by atoms with Crippen LogP contribution in [-0.2, 0) is 19.6 Å². The number of hydrogen-bond donors (Lipinski definition) is 2. The lowest BCUT2D eigenvalue weighted by Crippen LogP contribution is -2.35. The molecule has 0 unspecified atom stereocenters. The molecule has 0 radical (unpaired) electrons. The highest BCUT2D eigenvalue weighted by Gasteiger charge is 2.11. The summed E-state index contributed by atoms with van der Waals surface area (Å²) < 4.78 is 1.23. The molecular formula is C20H17ClN4O2. The molecule has 0 spiro atoms. The van der Waals surface area contributed by atoms with Crippen LogP contribution in [0.4, 0.5) is 4.79 Å². The minimum Gasteiger partial charge on any atom is -0.334 e. The molecule has 3 rings (SSSR count). The smallest absolute Gasteiger partial charge is 0.315 e. The van der Waals surface area contributed by atoms with Crippen molar-refractivity contribution >= 4 is 28.4 Å². The summed E-state index contributed by atoms with van der Waals surface area (Å²) in [4.78, 5) is 24.5. The zero-order chi connectivity index (χ0) is 19.2. The van der Waals surface area contributed by atoms with Crippen molar-refractivity contribution in [2.24, 2.45) is 0 Å². The van der Waals surface area contributed by atoms with E-state index in [1.54, 1.807) is 30.3 Å². The molecule has 0 aliphatic heterocycles. The first-order valence-electron chi connectivity index (χ1n) is 8.27. The zero-order valence-corrected chi connectivity index (χ0v) is 15.2. The van der Waals surface area contributed by atoms with Crippen molar-refractivity contribution in [1.82, 2.24) is 20.4 Å². The van der Waals surface area contributed by atoms with Crippen LogP contribution in [0.3, 0.4) is 0 Å². The summed E-state index contributed by atoms with van der Waals surface area (Å²) >= 11 is 5.84. The first kappa shape index (κ1) is 18.5. The van der Waals surface area contributed by atoms with Crippen molar-refractivity contribution in [3.8, 4) is 12.3 Å². The maximum Gasteiger partial charge on any atom is 0.315 e. The van der Waals surface area contributed by atoms with E-state index in [9.17, 15) is 9.59 Å². The maximum absolute atomic E-state index is 12.4. The summed E-state index contributed by atoms with van der Waals surface area (Å²) in [5, 5.41) is 11.7. The molecule has 0 bridgehead atoms. The van der Waals surface area contributed by atoms with Crippen LogP contribution >= 0.6 is 11.6 Å². The Bertz CT molecular complexity index is 1070. The van der Waals surface area contributed by atoms with Crippen LogP contribution in [0.15, 0.2) is 53.3 Å². The van der Waals surface area contributed by atoms with E-state index in [1.807, 2.05) is 18.2 Å². The zero-order valence-electron chi connectivity index (χ0n) is 14.4. The van der Waals surface area contributed by atoms with Gasteiger partial charge in [-0.3, -0.25) is 4.79 Å². The first-order chi connectivity index (χ1) is 13.1. The molecule has 6 nitrogen and oxygen atoms in total. The Hall–Kier alpha value is -3.30. The fraction of sp³-hybridized carbons (Fsp3) is 0.150. The number of halogens is 1. The number of rotatable bonds is 5. The van der Waals surface area contributed by atoms with Crippen molar-refractivity contribution < 1.29 is 4.79 Å². The fourth-order valence-electron chi connectivity index (χ4n) is 2.64. The van der Waals surface area contributed by atoms with Crippen molar-refractivity contribution in [2.45, 2.75) is 19.6 Å². The normalized spacial score (nSPS) is 10.4. The Morgan fingerprint density at radius 2 is 1.74 bits per heavy atom. The highest BCUT2D eigenvalue weighted by Crippen LogP contribution is 2.13. The van der Waals surface area contributed by atoms with Gasteiger partial charge in [-0.15, -0.1) is 6.42 Å². The molecule has 0 saturated heterocycles. The van der Waals surface area contributed by atoms with E-state index in [0.717, 1.165) is 5.56 Å². The summed E-state index contributed by atoms with van der Waals surface area (Å²) in [6, 6.07) is 14.0. The third kappa shape index (κ3) is 4.46. The van der Waals surface area contributed by atoms with Gasteiger partial charge in [0.05, 0.1) is 17.6 Å². The van der Waals surface area contributed by atoms with Gasteiger partial charge in [0, 0.05) is 17.0 Å². The van der Waals surface area contributed by atoms with Crippen LogP contribution in [0.2, 0.25) is 5.02 Å². The van der Waals surface area contributed by atoms with E-state index in [1.165, 1.54) is 4.68 Å². The number of nitrogens with zero attached hydrogens (tertiary/aromatic N) is 2. The molecule has 136 valence electrons. The quantitative estimate of drug-likeness (QED) is 0.668. The number of fused-ring (bicyclic) bond motifs is 1. The maximum atomic E-state index is 12.4. The monoisotopic (exact) mass is 380 g/mol. The number of carbonyl (C=O) groups is 1. The lowest BCUT2D eigenvalue weighted by Gasteiger charge is -2.11. The Kier molecular flexibility index (Phi) is 5.74. The fourth-order valence-corrected chi connectivity index (χ4v) is 2.77. The first-order valence-corrected chi connectivity index (χ1v) is 8.64. The lowest BCUT2D eigenvalue weighted by molar-refractivity contribution is 0.240. The predicted octanol–water partition coefficient (Wildman–Crippen LogP) is 2.68. The Balaban J connectivity index is 1.71. The number of hydrogen-bond acceptors (Lipinski definition) is 3. The van der Waals surface area contributed by atoms with Gasteiger partial charge in [-0.2, -0.15) is 5.10 Å². The molecule has 3 aromatic rings. The van der Waals surface area contributed by atoms with Crippen LogP contribution in [0.1, 0.15) is 11.3 Å². The number of carbonyl (C=O) groups excluding carboxylic acids is 1. The molecule has 2 amide bonds. The van der Waals surface area contributed by atoms with E-state index in [-0.39, 0.29) is 24.7 Å². The van der Waals surface area contributed by atoms with Crippen LogP contribution in [0.5, 0.6) is 0 Å². The van der Waals surface area contributed by atoms with Gasteiger partial charge in [0.1, 0.15) is 6.54 Å². The van der Waals surface area contributed by atoms with E-state index in [2.05, 4.69) is 21.7 Å². The Morgan fingerprint density at radius 1 is 1.07 bits per heavy atom.